The number of carbonyl (C=O) groups is 1. The molecule has 0 spiro atoms. The normalized spacial score (nSPS) is 17.3. The summed E-state index contributed by atoms with van der Waals surface area (Å²) in [5, 5.41) is 11.6. The number of aryl methyl sites for hydroxylation is 3. The number of ether oxygens (including phenoxy) is 1. The first kappa shape index (κ1) is 14.8. The Balaban J connectivity index is 1.69. The Labute approximate surface area is 129 Å². The molecular weight excluding hydrogens is 282 g/mol. The highest BCUT2D eigenvalue weighted by Crippen LogP contribution is 2.25. The summed E-state index contributed by atoms with van der Waals surface area (Å²) in [7, 11) is 1.91. The van der Waals surface area contributed by atoms with E-state index in [1.165, 1.54) is 0 Å². The van der Waals surface area contributed by atoms with E-state index in [1.54, 1.807) is 4.68 Å². The van der Waals surface area contributed by atoms with E-state index in [4.69, 9.17) is 4.74 Å². The Kier molecular flexibility index (Phi) is 3.98. The molecule has 0 fully saturated rings. The van der Waals surface area contributed by atoms with Crippen molar-refractivity contribution in [2.24, 2.45) is 7.05 Å². The molecular formula is C15H21N5O2. The van der Waals surface area contributed by atoms with E-state index in [9.17, 15) is 4.79 Å². The van der Waals surface area contributed by atoms with Crippen LogP contribution in [0.3, 0.4) is 0 Å². The fourth-order valence-electron chi connectivity index (χ4n) is 2.83. The van der Waals surface area contributed by atoms with Crippen molar-refractivity contribution in [3.8, 4) is 0 Å². The second kappa shape index (κ2) is 5.92. The molecule has 3 rings (SSSR count). The number of aromatic nitrogens is 4. The van der Waals surface area contributed by atoms with E-state index >= 15 is 0 Å². The predicted molar refractivity (Wildman–Crippen MR) is 80.6 cm³/mol. The van der Waals surface area contributed by atoms with Gasteiger partial charge < -0.3 is 10.1 Å². The molecule has 1 aliphatic heterocycles. The Bertz CT molecular complexity index is 688. The SMILES string of the molecule is CCn1nc(C)cc1C(=O)NC[C@H]1COCc2c1cnn2C. The van der Waals surface area contributed by atoms with E-state index in [1.807, 2.05) is 37.8 Å². The molecule has 1 amide bonds. The lowest BCUT2D eigenvalue weighted by molar-refractivity contribution is 0.0810. The molecule has 2 aromatic heterocycles. The van der Waals surface area contributed by atoms with E-state index in [2.05, 4.69) is 15.5 Å². The average Bonchev–Trinajstić information content (AvgIpc) is 3.08. The van der Waals surface area contributed by atoms with Crippen LogP contribution in [-0.2, 0) is 24.9 Å². The molecule has 1 aliphatic rings. The minimum absolute atomic E-state index is 0.0986. The lowest BCUT2D eigenvalue weighted by Gasteiger charge is -2.23. The number of carbonyl (C=O) groups excluding carboxylic acids is 1. The summed E-state index contributed by atoms with van der Waals surface area (Å²) in [4.78, 5) is 12.4. The first-order valence-electron chi connectivity index (χ1n) is 7.51. The number of hydrogen-bond acceptors (Lipinski definition) is 4. The van der Waals surface area contributed by atoms with Crippen LogP contribution in [-0.4, -0.2) is 38.6 Å². The van der Waals surface area contributed by atoms with Crippen LogP contribution < -0.4 is 5.32 Å². The summed E-state index contributed by atoms with van der Waals surface area (Å²) in [6.07, 6.45) is 1.87. The van der Waals surface area contributed by atoms with Gasteiger partial charge in [-0.2, -0.15) is 10.2 Å². The van der Waals surface area contributed by atoms with Crippen LogP contribution >= 0.6 is 0 Å². The van der Waals surface area contributed by atoms with Crippen molar-refractivity contribution in [1.29, 1.82) is 0 Å². The van der Waals surface area contributed by atoms with Crippen LogP contribution in [0.4, 0.5) is 0 Å². The van der Waals surface area contributed by atoms with Crippen LogP contribution in [0.5, 0.6) is 0 Å². The summed E-state index contributed by atoms with van der Waals surface area (Å²) < 4.78 is 9.16. The van der Waals surface area contributed by atoms with Crippen LogP contribution in [0.15, 0.2) is 12.3 Å². The van der Waals surface area contributed by atoms with E-state index in [0.29, 0.717) is 32.0 Å². The molecule has 22 heavy (non-hydrogen) atoms. The van der Waals surface area contributed by atoms with Gasteiger partial charge in [0.2, 0.25) is 0 Å². The van der Waals surface area contributed by atoms with Crippen LogP contribution in [0.1, 0.15) is 40.3 Å². The quantitative estimate of drug-likeness (QED) is 0.914. The van der Waals surface area contributed by atoms with Gasteiger partial charge in [0.05, 0.1) is 30.8 Å². The second-order valence-electron chi connectivity index (χ2n) is 5.58. The van der Waals surface area contributed by atoms with Gasteiger partial charge in [-0.05, 0) is 19.9 Å². The van der Waals surface area contributed by atoms with Gasteiger partial charge in [-0.1, -0.05) is 0 Å². The van der Waals surface area contributed by atoms with Crippen LogP contribution in [0, 0.1) is 6.92 Å². The lowest BCUT2D eigenvalue weighted by atomic mass is 9.98. The standard InChI is InChI=1S/C15H21N5O2/c1-4-20-13(5-10(2)18-20)15(21)16-6-11-8-22-9-14-12(11)7-17-19(14)3/h5,7,11H,4,6,8-9H2,1-3H3,(H,16,21)/t11-/m0/s1. The fourth-order valence-corrected chi connectivity index (χ4v) is 2.83. The maximum Gasteiger partial charge on any atom is 0.269 e. The third-order valence-electron chi connectivity index (χ3n) is 4.03. The molecule has 0 radical (unpaired) electrons. The Morgan fingerprint density at radius 2 is 2.36 bits per heavy atom. The zero-order valence-electron chi connectivity index (χ0n) is 13.2. The number of fused-ring (bicyclic) bond motifs is 1. The molecule has 7 heteroatoms. The van der Waals surface area contributed by atoms with Gasteiger partial charge in [-0.25, -0.2) is 0 Å². The summed E-state index contributed by atoms with van der Waals surface area (Å²) in [6, 6.07) is 1.81. The van der Waals surface area contributed by atoms with Crippen molar-refractivity contribution in [2.45, 2.75) is 32.9 Å². The van der Waals surface area contributed by atoms with E-state index in [0.717, 1.165) is 17.0 Å². The smallest absolute Gasteiger partial charge is 0.269 e. The molecule has 0 saturated heterocycles. The highest BCUT2D eigenvalue weighted by molar-refractivity contribution is 5.92. The van der Waals surface area contributed by atoms with E-state index < -0.39 is 0 Å². The molecule has 2 aromatic rings. The Hall–Kier alpha value is -2.15. The number of rotatable bonds is 4. The monoisotopic (exact) mass is 303 g/mol. The number of amides is 1. The summed E-state index contributed by atoms with van der Waals surface area (Å²) in [6.45, 7) is 6.25. The molecule has 0 aromatic carbocycles. The molecule has 0 unspecified atom stereocenters. The zero-order valence-corrected chi connectivity index (χ0v) is 13.2. The minimum atomic E-state index is -0.0986. The van der Waals surface area contributed by atoms with Crippen LogP contribution in [0.2, 0.25) is 0 Å². The van der Waals surface area contributed by atoms with Crippen molar-refractivity contribution >= 4 is 5.91 Å². The van der Waals surface area contributed by atoms with Gasteiger partial charge >= 0.3 is 0 Å². The zero-order chi connectivity index (χ0) is 15.7. The molecule has 0 aliphatic carbocycles. The second-order valence-corrected chi connectivity index (χ2v) is 5.58. The minimum Gasteiger partial charge on any atom is -0.374 e. The number of hydrogen-bond donors (Lipinski definition) is 1. The molecule has 118 valence electrons. The largest absolute Gasteiger partial charge is 0.374 e. The Morgan fingerprint density at radius 1 is 1.55 bits per heavy atom. The highest BCUT2D eigenvalue weighted by atomic mass is 16.5. The first-order chi connectivity index (χ1) is 10.6. The number of nitrogens with zero attached hydrogens (tertiary/aromatic N) is 4. The first-order valence-corrected chi connectivity index (χ1v) is 7.51. The van der Waals surface area contributed by atoms with E-state index in [-0.39, 0.29) is 11.8 Å². The third-order valence-corrected chi connectivity index (χ3v) is 4.03. The maximum absolute atomic E-state index is 12.4. The summed E-state index contributed by atoms with van der Waals surface area (Å²) in [5.41, 5.74) is 3.69. The van der Waals surface area contributed by atoms with Crippen LogP contribution in [0.25, 0.3) is 0 Å². The topological polar surface area (TPSA) is 74.0 Å². The molecule has 7 nitrogen and oxygen atoms in total. The molecule has 1 N–H and O–H groups in total. The maximum atomic E-state index is 12.4. The van der Waals surface area contributed by atoms with Crippen molar-refractivity contribution in [3.05, 3.63) is 34.9 Å². The van der Waals surface area contributed by atoms with Gasteiger partial charge in [0.25, 0.3) is 5.91 Å². The highest BCUT2D eigenvalue weighted by Gasteiger charge is 2.25. The fraction of sp³-hybridized carbons (Fsp3) is 0.533. The summed E-state index contributed by atoms with van der Waals surface area (Å²) >= 11 is 0. The van der Waals surface area contributed by atoms with Crippen molar-refractivity contribution in [3.63, 3.8) is 0 Å². The predicted octanol–water partition coefficient (Wildman–Crippen LogP) is 0.989. The molecule has 1 atom stereocenters. The van der Waals surface area contributed by atoms with Crippen molar-refractivity contribution < 1.29 is 9.53 Å². The summed E-state index contributed by atoms with van der Waals surface area (Å²) in [5.74, 6) is 0.0407. The lowest BCUT2D eigenvalue weighted by Crippen LogP contribution is -2.33. The van der Waals surface area contributed by atoms with Gasteiger partial charge in [-0.3, -0.25) is 14.2 Å². The van der Waals surface area contributed by atoms with Crippen molar-refractivity contribution in [2.75, 3.05) is 13.2 Å². The van der Waals surface area contributed by atoms with Gasteiger partial charge in [-0.15, -0.1) is 0 Å². The van der Waals surface area contributed by atoms with Gasteiger partial charge in [0, 0.05) is 31.6 Å². The molecule has 3 heterocycles. The Morgan fingerprint density at radius 3 is 3.14 bits per heavy atom. The molecule has 0 bridgehead atoms. The third kappa shape index (κ3) is 2.64. The average molecular weight is 303 g/mol. The molecule has 0 saturated carbocycles. The number of nitrogens with one attached hydrogen (secondary N) is 1. The van der Waals surface area contributed by atoms with Crippen molar-refractivity contribution in [1.82, 2.24) is 24.9 Å². The van der Waals surface area contributed by atoms with Gasteiger partial charge in [0.15, 0.2) is 0 Å². The van der Waals surface area contributed by atoms with Gasteiger partial charge in [0.1, 0.15) is 5.69 Å².